The molecule has 2 unspecified atom stereocenters. The van der Waals surface area contributed by atoms with Crippen molar-refractivity contribution < 1.29 is 0 Å². The molecule has 4 rings (SSSR count). The third-order valence-corrected chi connectivity index (χ3v) is 8.17. The lowest BCUT2D eigenvalue weighted by atomic mass is 9.88. The number of nitrogens with zero attached hydrogens (tertiary/aromatic N) is 3. The SMILES string of the molecule is CN=C(NCCN1CCc2sccc2C1)NCC1CCCN(C)C1c1cccs1. The summed E-state index contributed by atoms with van der Waals surface area (Å²) in [5.74, 6) is 1.54. The summed E-state index contributed by atoms with van der Waals surface area (Å²) in [5.41, 5.74) is 1.52. The Kier molecular flexibility index (Phi) is 7.24. The number of piperidine rings is 1. The third-order valence-electron chi connectivity index (χ3n) is 6.20. The van der Waals surface area contributed by atoms with Crippen LogP contribution in [0.4, 0.5) is 0 Å². The molecule has 2 aromatic heterocycles. The predicted octanol–water partition coefficient (Wildman–Crippen LogP) is 3.42. The average Bonchev–Trinajstić information content (AvgIpc) is 3.42. The summed E-state index contributed by atoms with van der Waals surface area (Å²) >= 11 is 3.79. The summed E-state index contributed by atoms with van der Waals surface area (Å²) in [6.45, 7) is 6.39. The van der Waals surface area contributed by atoms with Gasteiger partial charge in [0.2, 0.25) is 0 Å². The molecule has 0 saturated carbocycles. The Morgan fingerprint density at radius 1 is 1.21 bits per heavy atom. The van der Waals surface area contributed by atoms with Gasteiger partial charge in [-0.2, -0.15) is 0 Å². The number of guanidine groups is 1. The molecule has 2 aliphatic heterocycles. The molecule has 2 aliphatic rings. The normalized spacial score (nSPS) is 23.7. The zero-order chi connectivity index (χ0) is 20.1. The molecule has 0 spiro atoms. The van der Waals surface area contributed by atoms with Gasteiger partial charge in [0.25, 0.3) is 0 Å². The van der Waals surface area contributed by atoms with Gasteiger partial charge >= 0.3 is 0 Å². The Balaban J connectivity index is 1.24. The molecule has 2 aromatic rings. The zero-order valence-corrected chi connectivity index (χ0v) is 19.2. The molecule has 4 heterocycles. The van der Waals surface area contributed by atoms with Gasteiger partial charge in [0.15, 0.2) is 5.96 Å². The van der Waals surface area contributed by atoms with E-state index in [1.165, 1.54) is 36.2 Å². The maximum atomic E-state index is 4.46. The Bertz CT molecular complexity index is 785. The van der Waals surface area contributed by atoms with Crippen LogP contribution in [0.25, 0.3) is 0 Å². The van der Waals surface area contributed by atoms with Gasteiger partial charge in [-0.1, -0.05) is 6.07 Å². The largest absolute Gasteiger partial charge is 0.356 e. The third kappa shape index (κ3) is 5.20. The van der Waals surface area contributed by atoms with Crippen molar-refractivity contribution in [3.63, 3.8) is 0 Å². The fourth-order valence-electron chi connectivity index (χ4n) is 4.66. The second-order valence-corrected chi connectivity index (χ2v) is 10.1. The van der Waals surface area contributed by atoms with Crippen LogP contribution in [0.15, 0.2) is 34.0 Å². The van der Waals surface area contributed by atoms with Crippen molar-refractivity contribution in [3.8, 4) is 0 Å². The first-order valence-electron chi connectivity index (χ1n) is 10.7. The van der Waals surface area contributed by atoms with E-state index in [-0.39, 0.29) is 0 Å². The van der Waals surface area contributed by atoms with E-state index in [0.717, 1.165) is 38.7 Å². The van der Waals surface area contributed by atoms with Crippen molar-refractivity contribution in [2.45, 2.75) is 31.8 Å². The molecule has 0 bridgehead atoms. The highest BCUT2D eigenvalue weighted by Crippen LogP contribution is 2.36. The lowest BCUT2D eigenvalue weighted by Crippen LogP contribution is -2.46. The maximum Gasteiger partial charge on any atom is 0.191 e. The highest BCUT2D eigenvalue weighted by molar-refractivity contribution is 7.10. The van der Waals surface area contributed by atoms with Gasteiger partial charge < -0.3 is 10.6 Å². The quantitative estimate of drug-likeness (QED) is 0.543. The number of nitrogens with one attached hydrogen (secondary N) is 2. The standard InChI is InChI=1S/C22H33N5S2/c1-23-22(24-9-12-27-11-7-19-18(16-27)8-14-29-19)25-15-17-5-3-10-26(2)21(17)20-6-4-13-28-20/h4,6,8,13-14,17,21H,3,5,7,9-12,15-16H2,1-2H3,(H2,23,24,25). The molecular formula is C22H33N5S2. The minimum atomic E-state index is 0.516. The molecule has 0 aliphatic carbocycles. The van der Waals surface area contributed by atoms with Crippen LogP contribution in [0.2, 0.25) is 0 Å². The highest BCUT2D eigenvalue weighted by atomic mass is 32.1. The molecule has 29 heavy (non-hydrogen) atoms. The van der Waals surface area contributed by atoms with Crippen molar-refractivity contribution in [1.29, 1.82) is 0 Å². The molecule has 1 fully saturated rings. The summed E-state index contributed by atoms with van der Waals surface area (Å²) in [7, 11) is 4.14. The van der Waals surface area contributed by atoms with Crippen LogP contribution in [0, 0.1) is 5.92 Å². The minimum Gasteiger partial charge on any atom is -0.356 e. The van der Waals surface area contributed by atoms with Gasteiger partial charge in [-0.15, -0.1) is 22.7 Å². The molecule has 158 valence electrons. The molecule has 5 nitrogen and oxygen atoms in total. The van der Waals surface area contributed by atoms with Crippen LogP contribution in [0.5, 0.6) is 0 Å². The number of fused-ring (bicyclic) bond motifs is 1. The first-order valence-corrected chi connectivity index (χ1v) is 12.5. The van der Waals surface area contributed by atoms with E-state index in [1.807, 2.05) is 29.7 Å². The first-order chi connectivity index (χ1) is 14.2. The fraction of sp³-hybridized carbons (Fsp3) is 0.591. The van der Waals surface area contributed by atoms with Crippen molar-refractivity contribution in [3.05, 3.63) is 44.3 Å². The average molecular weight is 432 g/mol. The van der Waals surface area contributed by atoms with Crippen LogP contribution < -0.4 is 10.6 Å². The van der Waals surface area contributed by atoms with Gasteiger partial charge in [0.1, 0.15) is 0 Å². The molecule has 2 N–H and O–H groups in total. The second-order valence-electron chi connectivity index (χ2n) is 8.12. The molecule has 1 saturated heterocycles. The molecule has 0 amide bonds. The summed E-state index contributed by atoms with van der Waals surface area (Å²) < 4.78 is 0. The number of rotatable bonds is 6. The summed E-state index contributed by atoms with van der Waals surface area (Å²) in [6.07, 6.45) is 3.74. The Morgan fingerprint density at radius 2 is 2.14 bits per heavy atom. The van der Waals surface area contributed by atoms with Gasteiger partial charge in [-0.25, -0.2) is 0 Å². The Labute approximate surface area is 182 Å². The second kappa shape index (κ2) is 10.1. The summed E-state index contributed by atoms with van der Waals surface area (Å²) in [4.78, 5) is 12.6. The van der Waals surface area contributed by atoms with Crippen LogP contribution in [-0.2, 0) is 13.0 Å². The first kappa shape index (κ1) is 20.8. The van der Waals surface area contributed by atoms with E-state index in [1.54, 1.807) is 4.88 Å². The van der Waals surface area contributed by atoms with Crippen LogP contribution >= 0.6 is 22.7 Å². The monoisotopic (exact) mass is 431 g/mol. The lowest BCUT2D eigenvalue weighted by Gasteiger charge is -2.39. The molecular weight excluding hydrogens is 398 g/mol. The van der Waals surface area contributed by atoms with Crippen LogP contribution in [0.3, 0.4) is 0 Å². The van der Waals surface area contributed by atoms with Crippen molar-refractivity contribution in [1.82, 2.24) is 20.4 Å². The van der Waals surface area contributed by atoms with Gasteiger partial charge in [0, 0.05) is 55.6 Å². The van der Waals surface area contributed by atoms with E-state index in [9.17, 15) is 0 Å². The number of thiophene rings is 2. The van der Waals surface area contributed by atoms with Gasteiger partial charge in [-0.05, 0) is 67.2 Å². The van der Waals surface area contributed by atoms with Crippen molar-refractivity contribution in [2.75, 3.05) is 46.8 Å². The molecule has 2 atom stereocenters. The van der Waals surface area contributed by atoms with E-state index < -0.39 is 0 Å². The molecule has 0 aromatic carbocycles. The Morgan fingerprint density at radius 3 is 2.97 bits per heavy atom. The zero-order valence-electron chi connectivity index (χ0n) is 17.6. The van der Waals surface area contributed by atoms with Crippen LogP contribution in [-0.4, -0.2) is 62.6 Å². The van der Waals surface area contributed by atoms with E-state index in [2.05, 4.69) is 61.4 Å². The van der Waals surface area contributed by atoms with Crippen molar-refractivity contribution >= 4 is 28.6 Å². The minimum absolute atomic E-state index is 0.516. The fourth-order valence-corrected chi connectivity index (χ4v) is 6.53. The maximum absolute atomic E-state index is 4.46. The van der Waals surface area contributed by atoms with Crippen molar-refractivity contribution in [2.24, 2.45) is 10.9 Å². The van der Waals surface area contributed by atoms with Gasteiger partial charge in [0.05, 0.1) is 0 Å². The number of likely N-dealkylation sites (tertiary alicyclic amines) is 1. The van der Waals surface area contributed by atoms with E-state index in [4.69, 9.17) is 0 Å². The smallest absolute Gasteiger partial charge is 0.191 e. The number of hydrogen-bond donors (Lipinski definition) is 2. The number of hydrogen-bond acceptors (Lipinski definition) is 5. The topological polar surface area (TPSA) is 42.9 Å². The van der Waals surface area contributed by atoms with E-state index >= 15 is 0 Å². The predicted molar refractivity (Wildman–Crippen MR) is 125 cm³/mol. The molecule has 0 radical (unpaired) electrons. The summed E-state index contributed by atoms with van der Waals surface area (Å²) in [6, 6.07) is 7.26. The number of aliphatic imine (C=N–C) groups is 1. The van der Waals surface area contributed by atoms with Crippen LogP contribution in [0.1, 0.15) is 34.2 Å². The lowest BCUT2D eigenvalue weighted by molar-refractivity contribution is 0.125. The summed E-state index contributed by atoms with van der Waals surface area (Å²) in [5, 5.41) is 11.5. The Hall–Kier alpha value is -1.41. The molecule has 7 heteroatoms. The highest BCUT2D eigenvalue weighted by Gasteiger charge is 2.31. The van der Waals surface area contributed by atoms with E-state index in [0.29, 0.717) is 12.0 Å². The van der Waals surface area contributed by atoms with Gasteiger partial charge in [-0.3, -0.25) is 14.8 Å².